The molecule has 1 unspecified atom stereocenters. The lowest BCUT2D eigenvalue weighted by Gasteiger charge is -2.13. The van der Waals surface area contributed by atoms with Gasteiger partial charge in [-0.1, -0.05) is 33.6 Å². The predicted molar refractivity (Wildman–Crippen MR) is 66.5 cm³/mol. The summed E-state index contributed by atoms with van der Waals surface area (Å²) in [5.41, 5.74) is 0.725. The molecule has 0 aliphatic carbocycles. The number of ether oxygens (including phenoxy) is 2. The Kier molecular flexibility index (Phi) is 5.75. The van der Waals surface area contributed by atoms with Gasteiger partial charge in [-0.15, -0.1) is 0 Å². The van der Waals surface area contributed by atoms with E-state index in [4.69, 9.17) is 16.3 Å². The van der Waals surface area contributed by atoms with Gasteiger partial charge in [0.15, 0.2) is 0 Å². The Hall–Kier alpha value is -0.460. The quantitative estimate of drug-likeness (QED) is 0.737. The summed E-state index contributed by atoms with van der Waals surface area (Å²) in [6.07, 6.45) is -4.32. The van der Waals surface area contributed by atoms with E-state index in [0.29, 0.717) is 10.8 Å². The van der Waals surface area contributed by atoms with E-state index < -0.39 is 12.8 Å². The van der Waals surface area contributed by atoms with Crippen molar-refractivity contribution in [2.24, 2.45) is 0 Å². The summed E-state index contributed by atoms with van der Waals surface area (Å²) in [4.78, 5) is -0.358. The topological polar surface area (TPSA) is 18.5 Å². The number of halogens is 5. The standard InChI is InChI=1S/C11H11BrClF3O2/c1-17-10-3-2-7(4-9(10)13)8(12)5-18-6-11(14,15)16/h2-4,8H,5-6H2,1H3. The fourth-order valence-electron chi connectivity index (χ4n) is 1.25. The summed E-state index contributed by atoms with van der Waals surface area (Å²) in [5.74, 6) is 0.510. The number of rotatable bonds is 5. The van der Waals surface area contributed by atoms with Crippen molar-refractivity contribution in [1.82, 2.24) is 0 Å². The van der Waals surface area contributed by atoms with Gasteiger partial charge in [0.2, 0.25) is 0 Å². The van der Waals surface area contributed by atoms with E-state index in [0.717, 1.165) is 5.56 Å². The van der Waals surface area contributed by atoms with Crippen molar-refractivity contribution in [2.45, 2.75) is 11.0 Å². The lowest BCUT2D eigenvalue weighted by molar-refractivity contribution is -0.173. The van der Waals surface area contributed by atoms with Crippen LogP contribution in [0.2, 0.25) is 5.02 Å². The average molecular weight is 348 g/mol. The summed E-state index contributed by atoms with van der Waals surface area (Å²) in [6.45, 7) is -1.36. The maximum atomic E-state index is 11.9. The van der Waals surface area contributed by atoms with E-state index in [9.17, 15) is 13.2 Å². The third-order valence-electron chi connectivity index (χ3n) is 2.07. The van der Waals surface area contributed by atoms with Crippen LogP contribution in [0.15, 0.2) is 18.2 Å². The molecule has 0 saturated heterocycles. The SMILES string of the molecule is COc1ccc(C(Br)COCC(F)(F)F)cc1Cl. The molecule has 1 aromatic carbocycles. The van der Waals surface area contributed by atoms with Gasteiger partial charge >= 0.3 is 6.18 Å². The van der Waals surface area contributed by atoms with Crippen molar-refractivity contribution in [1.29, 1.82) is 0 Å². The van der Waals surface area contributed by atoms with Crippen LogP contribution in [-0.2, 0) is 4.74 Å². The molecular weight excluding hydrogens is 336 g/mol. The van der Waals surface area contributed by atoms with E-state index >= 15 is 0 Å². The fourth-order valence-corrected chi connectivity index (χ4v) is 1.99. The highest BCUT2D eigenvalue weighted by Gasteiger charge is 2.27. The molecule has 102 valence electrons. The first-order valence-electron chi connectivity index (χ1n) is 4.95. The van der Waals surface area contributed by atoms with Crippen LogP contribution < -0.4 is 4.74 Å². The van der Waals surface area contributed by atoms with Gasteiger partial charge in [0.05, 0.1) is 23.6 Å². The van der Waals surface area contributed by atoms with Gasteiger partial charge < -0.3 is 9.47 Å². The molecule has 0 radical (unpaired) electrons. The largest absolute Gasteiger partial charge is 0.495 e. The molecule has 1 aromatic rings. The van der Waals surface area contributed by atoms with E-state index in [-0.39, 0.29) is 11.4 Å². The smallest absolute Gasteiger partial charge is 0.411 e. The Bertz CT molecular complexity index is 398. The lowest BCUT2D eigenvalue weighted by Crippen LogP contribution is -2.18. The normalized spacial score (nSPS) is 13.4. The van der Waals surface area contributed by atoms with E-state index in [1.54, 1.807) is 18.2 Å². The summed E-state index contributed by atoms with van der Waals surface area (Å²) < 4.78 is 45.2. The van der Waals surface area contributed by atoms with Crippen LogP contribution in [0.5, 0.6) is 5.75 Å². The van der Waals surface area contributed by atoms with Crippen LogP contribution >= 0.6 is 27.5 Å². The minimum absolute atomic E-state index is 0.0951. The van der Waals surface area contributed by atoms with Crippen molar-refractivity contribution in [3.8, 4) is 5.75 Å². The molecule has 18 heavy (non-hydrogen) atoms. The minimum Gasteiger partial charge on any atom is -0.495 e. The second-order valence-corrected chi connectivity index (χ2v) is 5.00. The van der Waals surface area contributed by atoms with Crippen LogP contribution in [0.25, 0.3) is 0 Å². The predicted octanol–water partition coefficient (Wildman–Crippen LogP) is 4.36. The van der Waals surface area contributed by atoms with Gasteiger partial charge in [-0.2, -0.15) is 13.2 Å². The second kappa shape index (κ2) is 6.63. The van der Waals surface area contributed by atoms with Crippen molar-refractivity contribution in [2.75, 3.05) is 20.3 Å². The molecule has 0 heterocycles. The molecule has 0 aliphatic heterocycles. The number of benzene rings is 1. The van der Waals surface area contributed by atoms with Crippen LogP contribution in [0.1, 0.15) is 10.4 Å². The molecule has 7 heteroatoms. The zero-order chi connectivity index (χ0) is 13.8. The molecule has 0 fully saturated rings. The fraction of sp³-hybridized carbons (Fsp3) is 0.455. The number of hydrogen-bond donors (Lipinski definition) is 0. The highest BCUT2D eigenvalue weighted by molar-refractivity contribution is 9.09. The first-order valence-corrected chi connectivity index (χ1v) is 6.25. The van der Waals surface area contributed by atoms with E-state index in [2.05, 4.69) is 20.7 Å². The van der Waals surface area contributed by atoms with Gasteiger partial charge in [-0.25, -0.2) is 0 Å². The van der Waals surface area contributed by atoms with Crippen LogP contribution in [-0.4, -0.2) is 26.5 Å². The first-order chi connectivity index (χ1) is 8.33. The first kappa shape index (κ1) is 15.6. The highest BCUT2D eigenvalue weighted by atomic mass is 79.9. The Labute approximate surface area is 116 Å². The average Bonchev–Trinajstić information content (AvgIpc) is 2.27. The zero-order valence-electron chi connectivity index (χ0n) is 9.43. The molecule has 0 aliphatic rings. The van der Waals surface area contributed by atoms with Gasteiger partial charge in [-0.05, 0) is 17.7 Å². The van der Waals surface area contributed by atoms with E-state index in [1.807, 2.05) is 0 Å². The zero-order valence-corrected chi connectivity index (χ0v) is 11.8. The highest BCUT2D eigenvalue weighted by Crippen LogP contribution is 2.31. The third kappa shape index (κ3) is 5.04. The maximum Gasteiger partial charge on any atom is 0.411 e. The molecule has 0 N–H and O–H groups in total. The van der Waals surface area contributed by atoms with Gasteiger partial charge in [0.1, 0.15) is 12.4 Å². The number of alkyl halides is 4. The molecule has 0 spiro atoms. The van der Waals surface area contributed by atoms with Crippen molar-refractivity contribution in [3.63, 3.8) is 0 Å². The Morgan fingerprint density at radius 1 is 1.39 bits per heavy atom. The van der Waals surface area contributed by atoms with Crippen molar-refractivity contribution in [3.05, 3.63) is 28.8 Å². The Morgan fingerprint density at radius 3 is 2.56 bits per heavy atom. The summed E-state index contributed by atoms with van der Waals surface area (Å²) in [5, 5.41) is 0.398. The monoisotopic (exact) mass is 346 g/mol. The molecule has 0 amide bonds. The van der Waals surface area contributed by atoms with Gasteiger partial charge in [0.25, 0.3) is 0 Å². The molecule has 1 atom stereocenters. The Morgan fingerprint density at radius 2 is 2.06 bits per heavy atom. The second-order valence-electron chi connectivity index (χ2n) is 3.49. The minimum atomic E-state index is -4.32. The lowest BCUT2D eigenvalue weighted by atomic mass is 10.1. The summed E-state index contributed by atoms with van der Waals surface area (Å²) in [6, 6.07) is 4.98. The third-order valence-corrected chi connectivity index (χ3v) is 3.16. The van der Waals surface area contributed by atoms with Gasteiger partial charge in [-0.3, -0.25) is 0 Å². The van der Waals surface area contributed by atoms with Crippen LogP contribution in [0, 0.1) is 0 Å². The number of methoxy groups -OCH3 is 1. The maximum absolute atomic E-state index is 11.9. The molecule has 0 saturated carbocycles. The van der Waals surface area contributed by atoms with Crippen LogP contribution in [0.3, 0.4) is 0 Å². The molecule has 0 aromatic heterocycles. The van der Waals surface area contributed by atoms with Crippen LogP contribution in [0.4, 0.5) is 13.2 Å². The molecular formula is C11H11BrClF3O2. The number of hydrogen-bond acceptors (Lipinski definition) is 2. The van der Waals surface area contributed by atoms with E-state index in [1.165, 1.54) is 7.11 Å². The van der Waals surface area contributed by atoms with Crippen molar-refractivity contribution < 1.29 is 22.6 Å². The summed E-state index contributed by atoms with van der Waals surface area (Å²) >= 11 is 9.16. The molecule has 0 bridgehead atoms. The van der Waals surface area contributed by atoms with Gasteiger partial charge in [0, 0.05) is 0 Å². The molecule has 1 rings (SSSR count). The Balaban J connectivity index is 2.56. The van der Waals surface area contributed by atoms with Crippen molar-refractivity contribution >= 4 is 27.5 Å². The molecule has 2 nitrogen and oxygen atoms in total. The summed E-state index contributed by atoms with van der Waals surface area (Å²) in [7, 11) is 1.49.